The number of para-hydroxylation sites is 1. The highest BCUT2D eigenvalue weighted by atomic mass is 35.5. The highest BCUT2D eigenvalue weighted by Gasteiger charge is 2.25. The Morgan fingerprint density at radius 3 is 2.37 bits per heavy atom. The van der Waals surface area contributed by atoms with E-state index >= 15 is 0 Å². The molecule has 7 nitrogen and oxygen atoms in total. The molecule has 35 heavy (non-hydrogen) atoms. The molecule has 1 aliphatic carbocycles. The molecule has 4 aromatic rings. The first kappa shape index (κ1) is 23.3. The van der Waals surface area contributed by atoms with Gasteiger partial charge in [-0.15, -0.1) is 0 Å². The predicted molar refractivity (Wildman–Crippen MR) is 139 cm³/mol. The lowest BCUT2D eigenvalue weighted by molar-refractivity contribution is 0.0926. The number of nitrogens with zero attached hydrogens (tertiary/aromatic N) is 4. The SMILES string of the molecule is CCc1nc(NC2CCC(NC(=O)c3ccc(Cl)cc3)CC2)c2c(C)nn(-c3ccccc3)c2n1. The molecular formula is C27H29ClN6O. The number of hydrogen-bond donors (Lipinski definition) is 2. The third kappa shape index (κ3) is 5.00. The molecule has 1 aliphatic rings. The Hall–Kier alpha value is -3.45. The number of nitrogens with one attached hydrogen (secondary N) is 2. The molecule has 5 rings (SSSR count). The summed E-state index contributed by atoms with van der Waals surface area (Å²) in [5.74, 6) is 1.59. The summed E-state index contributed by atoms with van der Waals surface area (Å²) in [6, 6.07) is 17.5. The number of carbonyl (C=O) groups is 1. The lowest BCUT2D eigenvalue weighted by atomic mass is 9.91. The van der Waals surface area contributed by atoms with Crippen molar-refractivity contribution in [3.05, 3.63) is 76.7 Å². The largest absolute Gasteiger partial charge is 0.367 e. The first-order chi connectivity index (χ1) is 17.0. The maximum Gasteiger partial charge on any atom is 0.251 e. The minimum Gasteiger partial charge on any atom is -0.367 e. The normalized spacial score (nSPS) is 17.9. The van der Waals surface area contributed by atoms with Gasteiger partial charge in [0.2, 0.25) is 0 Å². The van der Waals surface area contributed by atoms with Gasteiger partial charge in [-0.1, -0.05) is 36.7 Å². The average Bonchev–Trinajstić information content (AvgIpc) is 3.22. The average molecular weight is 489 g/mol. The molecule has 2 aromatic carbocycles. The molecular weight excluding hydrogens is 460 g/mol. The molecule has 0 radical (unpaired) electrons. The summed E-state index contributed by atoms with van der Waals surface area (Å²) in [5, 5.41) is 13.2. The van der Waals surface area contributed by atoms with Crippen LogP contribution in [0.4, 0.5) is 5.82 Å². The van der Waals surface area contributed by atoms with E-state index < -0.39 is 0 Å². The van der Waals surface area contributed by atoms with Crippen molar-refractivity contribution >= 4 is 34.4 Å². The van der Waals surface area contributed by atoms with Crippen LogP contribution in [0.3, 0.4) is 0 Å². The van der Waals surface area contributed by atoms with E-state index in [0.717, 1.165) is 66.2 Å². The van der Waals surface area contributed by atoms with E-state index in [-0.39, 0.29) is 18.0 Å². The van der Waals surface area contributed by atoms with Crippen LogP contribution in [0.15, 0.2) is 54.6 Å². The first-order valence-electron chi connectivity index (χ1n) is 12.2. The Morgan fingerprint density at radius 2 is 1.69 bits per heavy atom. The summed E-state index contributed by atoms with van der Waals surface area (Å²) in [6.45, 7) is 4.07. The molecule has 1 amide bonds. The van der Waals surface area contributed by atoms with Crippen LogP contribution in [-0.2, 0) is 6.42 Å². The van der Waals surface area contributed by atoms with Crippen molar-refractivity contribution in [1.82, 2.24) is 25.1 Å². The number of hydrogen-bond acceptors (Lipinski definition) is 5. The van der Waals surface area contributed by atoms with Crippen LogP contribution < -0.4 is 10.6 Å². The third-order valence-corrected chi connectivity index (χ3v) is 6.83. The van der Waals surface area contributed by atoms with Crippen molar-refractivity contribution in [2.75, 3.05) is 5.32 Å². The maximum atomic E-state index is 12.6. The molecule has 0 aliphatic heterocycles. The molecule has 2 heterocycles. The standard InChI is InChI=1S/C27H29ClN6O/c1-3-23-31-25(24-17(2)33-34(26(24)32-23)22-7-5-4-6-8-22)29-20-13-15-21(16-14-20)30-27(35)18-9-11-19(28)12-10-18/h4-12,20-21H,3,13-16H2,1-2H3,(H,30,35)(H,29,31,32). The number of aromatic nitrogens is 4. The maximum absolute atomic E-state index is 12.6. The lowest BCUT2D eigenvalue weighted by Crippen LogP contribution is -2.40. The lowest BCUT2D eigenvalue weighted by Gasteiger charge is -2.30. The van der Waals surface area contributed by atoms with Gasteiger partial charge < -0.3 is 10.6 Å². The van der Waals surface area contributed by atoms with E-state index in [1.807, 2.05) is 41.9 Å². The zero-order valence-electron chi connectivity index (χ0n) is 20.0. The zero-order valence-corrected chi connectivity index (χ0v) is 20.7. The van der Waals surface area contributed by atoms with Gasteiger partial charge >= 0.3 is 0 Å². The highest BCUT2D eigenvalue weighted by molar-refractivity contribution is 6.30. The van der Waals surface area contributed by atoms with Gasteiger partial charge in [-0.25, -0.2) is 14.6 Å². The van der Waals surface area contributed by atoms with E-state index in [4.69, 9.17) is 26.7 Å². The van der Waals surface area contributed by atoms with Crippen LogP contribution in [0, 0.1) is 6.92 Å². The second-order valence-corrected chi connectivity index (χ2v) is 9.48. The van der Waals surface area contributed by atoms with Gasteiger partial charge in [-0.2, -0.15) is 5.10 Å². The highest BCUT2D eigenvalue weighted by Crippen LogP contribution is 2.29. The number of amides is 1. The molecule has 2 N–H and O–H groups in total. The summed E-state index contributed by atoms with van der Waals surface area (Å²) in [6.07, 6.45) is 4.46. The summed E-state index contributed by atoms with van der Waals surface area (Å²) >= 11 is 5.94. The second kappa shape index (κ2) is 10.0. The van der Waals surface area contributed by atoms with Crippen LogP contribution in [0.2, 0.25) is 5.02 Å². The second-order valence-electron chi connectivity index (χ2n) is 9.05. The number of aryl methyl sites for hydroxylation is 2. The van der Waals surface area contributed by atoms with Crippen LogP contribution in [-0.4, -0.2) is 37.7 Å². The molecule has 1 fully saturated rings. The van der Waals surface area contributed by atoms with Crippen molar-refractivity contribution < 1.29 is 4.79 Å². The Bertz CT molecular complexity index is 1330. The van der Waals surface area contributed by atoms with Gasteiger partial charge in [0.25, 0.3) is 5.91 Å². The fourth-order valence-corrected chi connectivity index (χ4v) is 4.81. The number of benzene rings is 2. The van der Waals surface area contributed by atoms with Crippen molar-refractivity contribution in [1.29, 1.82) is 0 Å². The topological polar surface area (TPSA) is 84.7 Å². The number of fused-ring (bicyclic) bond motifs is 1. The Kier molecular flexibility index (Phi) is 6.68. The summed E-state index contributed by atoms with van der Waals surface area (Å²) < 4.78 is 1.90. The van der Waals surface area contributed by atoms with Crippen LogP contribution >= 0.6 is 11.6 Å². The molecule has 0 bridgehead atoms. The molecule has 8 heteroatoms. The van der Waals surface area contributed by atoms with Gasteiger partial charge in [0.15, 0.2) is 5.65 Å². The minimum absolute atomic E-state index is 0.0490. The van der Waals surface area contributed by atoms with Crippen molar-refractivity contribution in [3.63, 3.8) is 0 Å². The molecule has 0 unspecified atom stereocenters. The quantitative estimate of drug-likeness (QED) is 0.374. The van der Waals surface area contributed by atoms with Gasteiger partial charge in [0, 0.05) is 29.1 Å². The Labute approximate surface area is 209 Å². The van der Waals surface area contributed by atoms with Crippen molar-refractivity contribution in [2.45, 2.75) is 58.0 Å². The number of halogens is 1. The fourth-order valence-electron chi connectivity index (χ4n) is 4.68. The zero-order chi connectivity index (χ0) is 24.4. The van der Waals surface area contributed by atoms with Crippen LogP contribution in [0.5, 0.6) is 0 Å². The smallest absolute Gasteiger partial charge is 0.251 e. The molecule has 2 aromatic heterocycles. The molecule has 0 saturated heterocycles. The van der Waals surface area contributed by atoms with Crippen molar-refractivity contribution in [3.8, 4) is 5.69 Å². The Balaban J connectivity index is 1.31. The first-order valence-corrected chi connectivity index (χ1v) is 12.5. The van der Waals surface area contributed by atoms with E-state index in [1.54, 1.807) is 24.3 Å². The monoisotopic (exact) mass is 488 g/mol. The van der Waals surface area contributed by atoms with Gasteiger partial charge in [0.05, 0.1) is 16.8 Å². The molecule has 1 saturated carbocycles. The molecule has 0 spiro atoms. The predicted octanol–water partition coefficient (Wildman–Crippen LogP) is 5.49. The summed E-state index contributed by atoms with van der Waals surface area (Å²) in [7, 11) is 0. The summed E-state index contributed by atoms with van der Waals surface area (Å²) in [5.41, 5.74) is 3.34. The van der Waals surface area contributed by atoms with E-state index in [2.05, 4.69) is 17.6 Å². The third-order valence-electron chi connectivity index (χ3n) is 6.58. The molecule has 0 atom stereocenters. The Morgan fingerprint density at radius 1 is 1.00 bits per heavy atom. The van der Waals surface area contributed by atoms with Gasteiger partial charge in [-0.05, 0) is 69.0 Å². The number of carbonyl (C=O) groups excluding carboxylic acids is 1. The fraction of sp³-hybridized carbons (Fsp3) is 0.333. The van der Waals surface area contributed by atoms with E-state index in [9.17, 15) is 4.79 Å². The van der Waals surface area contributed by atoms with Crippen LogP contribution in [0.1, 0.15) is 54.5 Å². The van der Waals surface area contributed by atoms with E-state index in [0.29, 0.717) is 10.6 Å². The van der Waals surface area contributed by atoms with Crippen LogP contribution in [0.25, 0.3) is 16.7 Å². The number of anilines is 1. The summed E-state index contributed by atoms with van der Waals surface area (Å²) in [4.78, 5) is 22.2. The van der Waals surface area contributed by atoms with E-state index in [1.165, 1.54) is 0 Å². The minimum atomic E-state index is -0.0490. The molecule has 180 valence electrons. The number of rotatable bonds is 6. The van der Waals surface area contributed by atoms with Crippen molar-refractivity contribution in [2.24, 2.45) is 0 Å². The van der Waals surface area contributed by atoms with Gasteiger partial charge in [-0.3, -0.25) is 4.79 Å². The van der Waals surface area contributed by atoms with Gasteiger partial charge in [0.1, 0.15) is 11.6 Å².